The highest BCUT2D eigenvalue weighted by Gasteiger charge is 2.38. The highest BCUT2D eigenvalue weighted by atomic mass is 32.2. The molecule has 0 atom stereocenters. The molecule has 1 saturated carbocycles. The summed E-state index contributed by atoms with van der Waals surface area (Å²) in [5, 5.41) is 12.0. The lowest BCUT2D eigenvalue weighted by atomic mass is 9.79. The normalized spacial score (nSPS) is 18.3. The van der Waals surface area contributed by atoms with Gasteiger partial charge >= 0.3 is 5.97 Å². The Morgan fingerprint density at radius 1 is 1.26 bits per heavy atom. The van der Waals surface area contributed by atoms with E-state index in [0.717, 1.165) is 25.7 Å². The van der Waals surface area contributed by atoms with Gasteiger partial charge in [0.2, 0.25) is 5.91 Å². The molecule has 5 heteroatoms. The number of hydrogen-bond acceptors (Lipinski definition) is 3. The van der Waals surface area contributed by atoms with Crippen molar-refractivity contribution in [1.29, 1.82) is 0 Å². The van der Waals surface area contributed by atoms with Crippen LogP contribution in [0.5, 0.6) is 0 Å². The highest BCUT2D eigenvalue weighted by Crippen LogP contribution is 2.44. The number of carbonyl (C=O) groups excluding carboxylic acids is 1. The lowest BCUT2D eigenvalue weighted by Crippen LogP contribution is -2.38. The average molecular weight is 287 g/mol. The maximum atomic E-state index is 12.0. The summed E-state index contributed by atoms with van der Waals surface area (Å²) in [4.78, 5) is 23.0. The number of thioether (sulfide) groups is 1. The average Bonchev–Trinajstić information content (AvgIpc) is 2.74. The molecule has 2 N–H and O–H groups in total. The molecule has 4 nitrogen and oxygen atoms in total. The third-order valence-corrected chi connectivity index (χ3v) is 5.24. The molecule has 0 unspecified atom stereocenters. The Hall–Kier alpha value is -0.710. The number of amides is 1. The fourth-order valence-corrected chi connectivity index (χ4v) is 2.87. The molecule has 0 heterocycles. The van der Waals surface area contributed by atoms with Gasteiger partial charge in [-0.15, -0.1) is 0 Å². The van der Waals surface area contributed by atoms with Crippen molar-refractivity contribution in [2.24, 2.45) is 5.41 Å². The monoisotopic (exact) mass is 287 g/mol. The topological polar surface area (TPSA) is 66.4 Å². The minimum Gasteiger partial charge on any atom is -0.481 e. The predicted molar refractivity (Wildman–Crippen MR) is 78.4 cm³/mol. The zero-order valence-electron chi connectivity index (χ0n) is 12.1. The zero-order chi connectivity index (χ0) is 14.5. The summed E-state index contributed by atoms with van der Waals surface area (Å²) in [6.07, 6.45) is 6.29. The minimum absolute atomic E-state index is 0.00900. The summed E-state index contributed by atoms with van der Waals surface area (Å²) in [6, 6.07) is 0. The molecule has 0 aromatic carbocycles. The number of carbonyl (C=O) groups is 2. The van der Waals surface area contributed by atoms with E-state index in [0.29, 0.717) is 13.0 Å². The van der Waals surface area contributed by atoms with Crippen molar-refractivity contribution in [1.82, 2.24) is 5.32 Å². The van der Waals surface area contributed by atoms with Crippen LogP contribution in [0.15, 0.2) is 0 Å². The summed E-state index contributed by atoms with van der Waals surface area (Å²) in [5.41, 5.74) is -0.306. The molecule has 0 spiro atoms. The number of hydrogen-bond donors (Lipinski definition) is 2. The summed E-state index contributed by atoms with van der Waals surface area (Å²) in [7, 11) is 0. The van der Waals surface area contributed by atoms with Crippen LogP contribution in [-0.4, -0.2) is 34.5 Å². The third kappa shape index (κ3) is 5.43. The van der Waals surface area contributed by atoms with Crippen LogP contribution < -0.4 is 5.32 Å². The van der Waals surface area contributed by atoms with Crippen LogP contribution in [-0.2, 0) is 9.59 Å². The van der Waals surface area contributed by atoms with Crippen LogP contribution in [0.4, 0.5) is 0 Å². The Morgan fingerprint density at radius 3 is 2.32 bits per heavy atom. The summed E-state index contributed by atoms with van der Waals surface area (Å²) >= 11 is 1.71. The molecule has 0 radical (unpaired) electrons. The number of carboxylic acid groups (broad SMARTS) is 1. The molecule has 1 aliphatic rings. The Labute approximate surface area is 119 Å². The first-order valence-corrected chi connectivity index (χ1v) is 8.05. The number of rotatable bonds is 7. The standard InChI is InChI=1S/C14H25NO3S/c1-13(2,19-3)10-15-11(16)8-14(9-12(17)18)6-4-5-7-14/h4-10H2,1-3H3,(H,15,16)(H,17,18). The van der Waals surface area contributed by atoms with Gasteiger partial charge in [0.25, 0.3) is 0 Å². The summed E-state index contributed by atoms with van der Waals surface area (Å²) in [5.74, 6) is -0.801. The second-order valence-corrected chi connectivity index (χ2v) is 7.71. The van der Waals surface area contributed by atoms with Gasteiger partial charge in [-0.1, -0.05) is 12.8 Å². The third-order valence-electron chi connectivity index (χ3n) is 3.99. The van der Waals surface area contributed by atoms with Crippen molar-refractivity contribution in [2.45, 2.75) is 57.1 Å². The molecule has 19 heavy (non-hydrogen) atoms. The van der Waals surface area contributed by atoms with E-state index < -0.39 is 5.97 Å². The van der Waals surface area contributed by atoms with Gasteiger partial charge in [-0.05, 0) is 38.4 Å². The van der Waals surface area contributed by atoms with Crippen molar-refractivity contribution < 1.29 is 14.7 Å². The molecule has 0 aliphatic heterocycles. The molecule has 0 aromatic rings. The lowest BCUT2D eigenvalue weighted by Gasteiger charge is -2.28. The van der Waals surface area contributed by atoms with Crippen molar-refractivity contribution in [3.63, 3.8) is 0 Å². The fraction of sp³-hybridized carbons (Fsp3) is 0.857. The van der Waals surface area contributed by atoms with E-state index in [9.17, 15) is 9.59 Å². The highest BCUT2D eigenvalue weighted by molar-refractivity contribution is 7.99. The first-order valence-electron chi connectivity index (χ1n) is 6.82. The SMILES string of the molecule is CSC(C)(C)CNC(=O)CC1(CC(=O)O)CCCC1. The quantitative estimate of drug-likeness (QED) is 0.755. The van der Waals surface area contributed by atoms with Crippen molar-refractivity contribution in [3.05, 3.63) is 0 Å². The van der Waals surface area contributed by atoms with E-state index >= 15 is 0 Å². The molecule has 0 aromatic heterocycles. The summed E-state index contributed by atoms with van der Waals surface area (Å²) in [6.45, 7) is 4.79. The van der Waals surface area contributed by atoms with Gasteiger partial charge in [0.15, 0.2) is 0 Å². The molecule has 0 bridgehead atoms. The molecule has 1 amide bonds. The van der Waals surface area contributed by atoms with Gasteiger partial charge in [0, 0.05) is 17.7 Å². The maximum Gasteiger partial charge on any atom is 0.303 e. The van der Waals surface area contributed by atoms with E-state index in [-0.39, 0.29) is 22.5 Å². The molecule has 1 rings (SSSR count). The number of aliphatic carboxylic acids is 1. The smallest absolute Gasteiger partial charge is 0.303 e. The van der Waals surface area contributed by atoms with Crippen LogP contribution in [0.2, 0.25) is 0 Å². The van der Waals surface area contributed by atoms with Crippen LogP contribution in [0, 0.1) is 5.41 Å². The largest absolute Gasteiger partial charge is 0.481 e. The molecular formula is C14H25NO3S. The Morgan fingerprint density at radius 2 is 1.84 bits per heavy atom. The molecule has 0 saturated heterocycles. The van der Waals surface area contributed by atoms with E-state index in [1.54, 1.807) is 11.8 Å². The van der Waals surface area contributed by atoms with E-state index in [1.807, 2.05) is 6.26 Å². The first kappa shape index (κ1) is 16.3. The number of carboxylic acids is 1. The van der Waals surface area contributed by atoms with Crippen LogP contribution in [0.25, 0.3) is 0 Å². The Bertz CT molecular complexity index is 336. The van der Waals surface area contributed by atoms with Gasteiger partial charge in [-0.3, -0.25) is 9.59 Å². The fourth-order valence-electron chi connectivity index (χ4n) is 2.65. The van der Waals surface area contributed by atoms with Gasteiger partial charge in [-0.25, -0.2) is 0 Å². The first-order chi connectivity index (χ1) is 8.79. The predicted octanol–water partition coefficient (Wildman–Crippen LogP) is 2.67. The minimum atomic E-state index is -0.792. The van der Waals surface area contributed by atoms with Crippen LogP contribution in [0.1, 0.15) is 52.4 Å². The summed E-state index contributed by atoms with van der Waals surface area (Å²) < 4.78 is 0.0191. The zero-order valence-corrected chi connectivity index (χ0v) is 12.9. The Balaban J connectivity index is 2.51. The van der Waals surface area contributed by atoms with E-state index in [1.165, 1.54) is 0 Å². The van der Waals surface area contributed by atoms with Crippen molar-refractivity contribution >= 4 is 23.6 Å². The second-order valence-electron chi connectivity index (χ2n) is 6.19. The lowest BCUT2D eigenvalue weighted by molar-refractivity contribution is -0.140. The second kappa shape index (κ2) is 6.64. The Kier molecular flexibility index (Phi) is 5.71. The maximum absolute atomic E-state index is 12.0. The molecule has 1 aliphatic carbocycles. The van der Waals surface area contributed by atoms with Gasteiger partial charge in [-0.2, -0.15) is 11.8 Å². The molecule has 1 fully saturated rings. The molecular weight excluding hydrogens is 262 g/mol. The number of nitrogens with one attached hydrogen (secondary N) is 1. The van der Waals surface area contributed by atoms with Crippen molar-refractivity contribution in [2.75, 3.05) is 12.8 Å². The van der Waals surface area contributed by atoms with E-state index in [2.05, 4.69) is 19.2 Å². The van der Waals surface area contributed by atoms with Gasteiger partial charge in [0.05, 0.1) is 6.42 Å². The van der Waals surface area contributed by atoms with Gasteiger partial charge < -0.3 is 10.4 Å². The van der Waals surface area contributed by atoms with E-state index in [4.69, 9.17) is 5.11 Å². The van der Waals surface area contributed by atoms with Crippen LogP contribution >= 0.6 is 11.8 Å². The van der Waals surface area contributed by atoms with Crippen molar-refractivity contribution in [3.8, 4) is 0 Å². The van der Waals surface area contributed by atoms with Gasteiger partial charge in [0.1, 0.15) is 0 Å². The molecule has 110 valence electrons. The van der Waals surface area contributed by atoms with Crippen LogP contribution in [0.3, 0.4) is 0 Å².